The van der Waals surface area contributed by atoms with Gasteiger partial charge in [0, 0.05) is 19.5 Å². The van der Waals surface area contributed by atoms with Gasteiger partial charge in [-0.3, -0.25) is 0 Å². The quantitative estimate of drug-likeness (QED) is 0.853. The van der Waals surface area contributed by atoms with Crippen LogP contribution in [-0.4, -0.2) is 34.4 Å². The SMILES string of the molecule is CCCc1nc(CNc2ccccc2N2CCC(O)CC2)no1. The molecule has 0 radical (unpaired) electrons. The van der Waals surface area contributed by atoms with E-state index >= 15 is 0 Å². The molecule has 0 bridgehead atoms. The van der Waals surface area contributed by atoms with Crippen molar-refractivity contribution in [1.29, 1.82) is 0 Å². The molecule has 1 aromatic heterocycles. The van der Waals surface area contributed by atoms with E-state index in [1.54, 1.807) is 0 Å². The fourth-order valence-electron chi connectivity index (χ4n) is 2.86. The Kier molecular flexibility index (Phi) is 5.12. The third-order valence-electron chi connectivity index (χ3n) is 4.12. The van der Waals surface area contributed by atoms with Crippen LogP contribution in [0.3, 0.4) is 0 Å². The summed E-state index contributed by atoms with van der Waals surface area (Å²) in [6, 6.07) is 8.23. The highest BCUT2D eigenvalue weighted by molar-refractivity contribution is 5.70. The van der Waals surface area contributed by atoms with Crippen LogP contribution >= 0.6 is 0 Å². The number of hydrogen-bond acceptors (Lipinski definition) is 6. The maximum Gasteiger partial charge on any atom is 0.226 e. The molecular formula is C17H24N4O2. The Hall–Kier alpha value is -2.08. The van der Waals surface area contributed by atoms with Crippen LogP contribution < -0.4 is 10.2 Å². The largest absolute Gasteiger partial charge is 0.393 e. The molecule has 2 aromatic rings. The Labute approximate surface area is 136 Å². The maximum absolute atomic E-state index is 9.67. The van der Waals surface area contributed by atoms with E-state index in [2.05, 4.69) is 39.4 Å². The Morgan fingerprint density at radius 3 is 2.87 bits per heavy atom. The van der Waals surface area contributed by atoms with E-state index < -0.39 is 0 Å². The second-order valence-electron chi connectivity index (χ2n) is 5.94. The molecule has 1 fully saturated rings. The summed E-state index contributed by atoms with van der Waals surface area (Å²) in [6.45, 7) is 4.39. The lowest BCUT2D eigenvalue weighted by atomic mass is 10.1. The summed E-state index contributed by atoms with van der Waals surface area (Å²) in [4.78, 5) is 6.69. The van der Waals surface area contributed by atoms with Gasteiger partial charge in [0.2, 0.25) is 5.89 Å². The van der Waals surface area contributed by atoms with Crippen molar-refractivity contribution in [2.24, 2.45) is 0 Å². The van der Waals surface area contributed by atoms with Crippen LogP contribution in [0.1, 0.15) is 37.9 Å². The maximum atomic E-state index is 9.67. The molecule has 0 saturated carbocycles. The fraction of sp³-hybridized carbons (Fsp3) is 0.529. The zero-order valence-corrected chi connectivity index (χ0v) is 13.5. The zero-order valence-electron chi connectivity index (χ0n) is 13.5. The molecule has 1 aliphatic heterocycles. The van der Waals surface area contributed by atoms with Crippen molar-refractivity contribution >= 4 is 11.4 Å². The average Bonchev–Trinajstić information content (AvgIpc) is 3.02. The number of nitrogens with one attached hydrogen (secondary N) is 1. The van der Waals surface area contributed by atoms with Gasteiger partial charge in [-0.05, 0) is 31.4 Å². The fourth-order valence-corrected chi connectivity index (χ4v) is 2.86. The lowest BCUT2D eigenvalue weighted by molar-refractivity contribution is 0.145. The number of nitrogens with zero attached hydrogens (tertiary/aromatic N) is 3. The van der Waals surface area contributed by atoms with Crippen LogP contribution in [0.25, 0.3) is 0 Å². The van der Waals surface area contributed by atoms with Gasteiger partial charge in [-0.2, -0.15) is 4.98 Å². The smallest absolute Gasteiger partial charge is 0.226 e. The molecule has 0 spiro atoms. The summed E-state index contributed by atoms with van der Waals surface area (Å²) in [5.74, 6) is 1.37. The first-order valence-electron chi connectivity index (χ1n) is 8.33. The molecule has 1 aromatic carbocycles. The minimum absolute atomic E-state index is 0.164. The van der Waals surface area contributed by atoms with Crippen LogP contribution in [0.5, 0.6) is 0 Å². The zero-order chi connectivity index (χ0) is 16.1. The van der Waals surface area contributed by atoms with Crippen molar-refractivity contribution in [3.8, 4) is 0 Å². The molecule has 1 saturated heterocycles. The molecule has 1 aliphatic rings. The average molecular weight is 316 g/mol. The third-order valence-corrected chi connectivity index (χ3v) is 4.12. The Bertz CT molecular complexity index is 621. The lowest BCUT2D eigenvalue weighted by Gasteiger charge is -2.32. The summed E-state index contributed by atoms with van der Waals surface area (Å²) >= 11 is 0. The van der Waals surface area contributed by atoms with Crippen molar-refractivity contribution in [2.45, 2.75) is 45.3 Å². The predicted molar refractivity (Wildman–Crippen MR) is 89.5 cm³/mol. The number of aliphatic hydroxyl groups excluding tert-OH is 1. The Balaban J connectivity index is 1.65. The topological polar surface area (TPSA) is 74.4 Å². The second-order valence-corrected chi connectivity index (χ2v) is 5.94. The van der Waals surface area contributed by atoms with Gasteiger partial charge < -0.3 is 19.8 Å². The molecule has 2 N–H and O–H groups in total. The molecule has 6 heteroatoms. The first-order valence-corrected chi connectivity index (χ1v) is 8.33. The molecule has 0 amide bonds. The predicted octanol–water partition coefficient (Wildman–Crippen LogP) is 2.60. The highest BCUT2D eigenvalue weighted by atomic mass is 16.5. The number of aliphatic hydroxyl groups is 1. The van der Waals surface area contributed by atoms with Gasteiger partial charge in [0.05, 0.1) is 24.0 Å². The van der Waals surface area contributed by atoms with Gasteiger partial charge in [-0.1, -0.05) is 24.2 Å². The monoisotopic (exact) mass is 316 g/mol. The van der Waals surface area contributed by atoms with Crippen molar-refractivity contribution in [1.82, 2.24) is 10.1 Å². The summed E-state index contributed by atoms with van der Waals surface area (Å²) in [7, 11) is 0. The molecule has 0 aliphatic carbocycles. The van der Waals surface area contributed by atoms with Crippen LogP contribution in [0, 0.1) is 0 Å². The lowest BCUT2D eigenvalue weighted by Crippen LogP contribution is -2.36. The number of anilines is 2. The minimum Gasteiger partial charge on any atom is -0.393 e. The van der Waals surface area contributed by atoms with Gasteiger partial charge in [0.15, 0.2) is 5.82 Å². The van der Waals surface area contributed by atoms with E-state index in [9.17, 15) is 5.11 Å². The van der Waals surface area contributed by atoms with Crippen molar-refractivity contribution in [3.63, 3.8) is 0 Å². The van der Waals surface area contributed by atoms with Gasteiger partial charge in [-0.15, -0.1) is 0 Å². The summed E-state index contributed by atoms with van der Waals surface area (Å²) in [5, 5.41) is 17.1. The molecule has 23 heavy (non-hydrogen) atoms. The normalized spacial score (nSPS) is 15.8. The summed E-state index contributed by atoms with van der Waals surface area (Å²) < 4.78 is 5.21. The number of aryl methyl sites for hydroxylation is 1. The first-order chi connectivity index (χ1) is 11.3. The number of para-hydroxylation sites is 2. The van der Waals surface area contributed by atoms with Crippen LogP contribution in [-0.2, 0) is 13.0 Å². The van der Waals surface area contributed by atoms with Crippen LogP contribution in [0.15, 0.2) is 28.8 Å². The van der Waals surface area contributed by atoms with E-state index in [1.807, 2.05) is 12.1 Å². The number of rotatable bonds is 6. The standard InChI is InChI=1S/C17H24N4O2/c1-2-5-17-19-16(20-23-17)12-18-14-6-3-4-7-15(14)21-10-8-13(22)9-11-21/h3-4,6-7,13,18,22H,2,5,8-12H2,1H3. The molecule has 2 heterocycles. The van der Waals surface area contributed by atoms with E-state index in [0.29, 0.717) is 18.3 Å². The van der Waals surface area contributed by atoms with Gasteiger partial charge in [0.25, 0.3) is 0 Å². The third kappa shape index (κ3) is 4.01. The number of hydrogen-bond donors (Lipinski definition) is 2. The van der Waals surface area contributed by atoms with E-state index in [0.717, 1.165) is 50.1 Å². The molecule has 6 nitrogen and oxygen atoms in total. The summed E-state index contributed by atoms with van der Waals surface area (Å²) in [5.41, 5.74) is 2.22. The highest BCUT2D eigenvalue weighted by Gasteiger charge is 2.19. The van der Waals surface area contributed by atoms with E-state index in [4.69, 9.17) is 4.52 Å². The molecule has 0 unspecified atom stereocenters. The number of piperidine rings is 1. The summed E-state index contributed by atoms with van der Waals surface area (Å²) in [6.07, 6.45) is 3.29. The molecular weight excluding hydrogens is 292 g/mol. The Morgan fingerprint density at radius 2 is 2.09 bits per heavy atom. The Morgan fingerprint density at radius 1 is 1.30 bits per heavy atom. The van der Waals surface area contributed by atoms with Gasteiger partial charge >= 0.3 is 0 Å². The van der Waals surface area contributed by atoms with Gasteiger partial charge in [-0.25, -0.2) is 0 Å². The van der Waals surface area contributed by atoms with Crippen molar-refractivity contribution < 1.29 is 9.63 Å². The second kappa shape index (κ2) is 7.46. The molecule has 3 rings (SSSR count). The molecule has 0 atom stereocenters. The van der Waals surface area contributed by atoms with Crippen LogP contribution in [0.4, 0.5) is 11.4 Å². The van der Waals surface area contributed by atoms with E-state index in [1.165, 1.54) is 0 Å². The van der Waals surface area contributed by atoms with Crippen molar-refractivity contribution in [2.75, 3.05) is 23.3 Å². The highest BCUT2D eigenvalue weighted by Crippen LogP contribution is 2.28. The van der Waals surface area contributed by atoms with Crippen LogP contribution in [0.2, 0.25) is 0 Å². The van der Waals surface area contributed by atoms with E-state index in [-0.39, 0.29) is 6.10 Å². The molecule has 124 valence electrons. The first kappa shape index (κ1) is 15.8. The number of benzene rings is 1. The number of aromatic nitrogens is 2. The van der Waals surface area contributed by atoms with Gasteiger partial charge in [0.1, 0.15) is 0 Å². The minimum atomic E-state index is -0.164. The van der Waals surface area contributed by atoms with Crippen molar-refractivity contribution in [3.05, 3.63) is 36.0 Å².